The van der Waals surface area contributed by atoms with Gasteiger partial charge in [0.1, 0.15) is 11.6 Å². The van der Waals surface area contributed by atoms with Crippen LogP contribution in [0.5, 0.6) is 5.75 Å². The zero-order valence-electron chi connectivity index (χ0n) is 25.8. The van der Waals surface area contributed by atoms with Gasteiger partial charge in [-0.2, -0.15) is 10.1 Å². The molecule has 2 aromatic heterocycles. The first-order chi connectivity index (χ1) is 20.8. The quantitative estimate of drug-likeness (QED) is 0.152. The van der Waals surface area contributed by atoms with Crippen molar-refractivity contribution >= 4 is 23.1 Å². The first-order valence-electron chi connectivity index (χ1n) is 15.2. The molecule has 1 aliphatic carbocycles. The number of morpholine rings is 1. The summed E-state index contributed by atoms with van der Waals surface area (Å²) in [6.45, 7) is 15.3. The number of anilines is 4. The maximum atomic E-state index is 6.28. The molecule has 0 unspecified atom stereocenters. The minimum absolute atomic E-state index is 0.0188. The monoisotopic (exact) mass is 582 g/mol. The fraction of sp³-hybridized carbons (Fsp3) is 0.424. The highest BCUT2D eigenvalue weighted by Crippen LogP contribution is 2.43. The van der Waals surface area contributed by atoms with Crippen molar-refractivity contribution in [2.24, 2.45) is 0 Å². The summed E-state index contributed by atoms with van der Waals surface area (Å²) in [5.74, 6) is 2.07. The Balaban J connectivity index is 1.24. The van der Waals surface area contributed by atoms with E-state index in [1.165, 1.54) is 22.4 Å². The molecule has 0 spiro atoms. The number of nitrogens with zero attached hydrogens (tertiary/aromatic N) is 4. The van der Waals surface area contributed by atoms with Crippen LogP contribution >= 0.6 is 0 Å². The second-order valence-corrected chi connectivity index (χ2v) is 11.9. The molecule has 0 radical (unpaired) electrons. The molecule has 1 saturated heterocycles. The van der Waals surface area contributed by atoms with Gasteiger partial charge in [0.15, 0.2) is 0 Å². The van der Waals surface area contributed by atoms with Gasteiger partial charge in [-0.25, -0.2) is 4.98 Å². The van der Waals surface area contributed by atoms with E-state index in [0.717, 1.165) is 79.0 Å². The lowest BCUT2D eigenvalue weighted by Crippen LogP contribution is -2.35. The van der Waals surface area contributed by atoms with Crippen LogP contribution < -0.4 is 20.7 Å². The predicted octanol–water partition coefficient (Wildman–Crippen LogP) is 5.87. The molecule has 1 aliphatic heterocycles. The van der Waals surface area contributed by atoms with Crippen molar-refractivity contribution in [3.8, 4) is 17.0 Å². The normalized spacial score (nSPS) is 14.6. The Morgan fingerprint density at radius 3 is 2.67 bits per heavy atom. The summed E-state index contributed by atoms with van der Waals surface area (Å²) in [4.78, 5) is 11.9. The van der Waals surface area contributed by atoms with Crippen molar-refractivity contribution in [2.45, 2.75) is 66.3 Å². The first-order valence-corrected chi connectivity index (χ1v) is 15.2. The molecule has 1 fully saturated rings. The third-order valence-corrected chi connectivity index (χ3v) is 7.75. The maximum absolute atomic E-state index is 6.28. The molecule has 2 aliphatic rings. The van der Waals surface area contributed by atoms with E-state index >= 15 is 0 Å². The van der Waals surface area contributed by atoms with Crippen molar-refractivity contribution in [3.63, 3.8) is 0 Å². The van der Waals surface area contributed by atoms with Gasteiger partial charge in [-0.1, -0.05) is 18.2 Å². The van der Waals surface area contributed by atoms with Crippen LogP contribution in [0.4, 0.5) is 23.1 Å². The summed E-state index contributed by atoms with van der Waals surface area (Å²) in [7, 11) is 0. The lowest BCUT2D eigenvalue weighted by Gasteiger charge is -2.26. The molecule has 0 saturated carbocycles. The molecule has 4 N–H and O–H groups in total. The number of hydrogen-bond donors (Lipinski definition) is 4. The Hall–Kier alpha value is -4.15. The van der Waals surface area contributed by atoms with E-state index in [1.807, 2.05) is 27.0 Å². The lowest BCUT2D eigenvalue weighted by atomic mass is 10.1. The average Bonchev–Trinajstić information content (AvgIpc) is 3.53. The number of H-pyrrole nitrogens is 1. The van der Waals surface area contributed by atoms with Crippen LogP contribution in [0.1, 0.15) is 55.6 Å². The summed E-state index contributed by atoms with van der Waals surface area (Å²) in [6.07, 6.45) is 2.69. The molecule has 0 bridgehead atoms. The van der Waals surface area contributed by atoms with E-state index in [2.05, 4.69) is 81.2 Å². The summed E-state index contributed by atoms with van der Waals surface area (Å²) >= 11 is 0. The van der Waals surface area contributed by atoms with Crippen molar-refractivity contribution in [2.75, 3.05) is 42.3 Å². The van der Waals surface area contributed by atoms with Crippen LogP contribution in [0.25, 0.3) is 11.3 Å². The molecule has 2 aromatic carbocycles. The minimum Gasteiger partial charge on any atom is -0.489 e. The standard InChI is InChI=1S/C33H42N8O2/c1-20(2)36-27-9-7-6-8-23(27)18-34-32-22(5)17-35-33(38-32)37-28-16-25-24(15-30(28)43-21(3)4)14-26-29(39-40-31(25)26)19-41-10-12-42-13-11-41/h6-9,15-17,20-21,36H,10-14,18-19H2,1-5H3,(H,39,40)(H2,34,35,37,38). The zero-order chi connectivity index (χ0) is 29.9. The van der Waals surface area contributed by atoms with Crippen LogP contribution in [0.3, 0.4) is 0 Å². The third-order valence-electron chi connectivity index (χ3n) is 7.75. The smallest absolute Gasteiger partial charge is 0.229 e. The highest BCUT2D eigenvalue weighted by molar-refractivity contribution is 5.81. The van der Waals surface area contributed by atoms with Gasteiger partial charge >= 0.3 is 0 Å². The predicted molar refractivity (Wildman–Crippen MR) is 171 cm³/mol. The van der Waals surface area contributed by atoms with Crippen molar-refractivity contribution in [1.29, 1.82) is 0 Å². The van der Waals surface area contributed by atoms with Gasteiger partial charge in [-0.15, -0.1) is 0 Å². The molecule has 43 heavy (non-hydrogen) atoms. The Bertz CT molecular complexity index is 1580. The zero-order valence-corrected chi connectivity index (χ0v) is 25.8. The van der Waals surface area contributed by atoms with Gasteiger partial charge in [0.25, 0.3) is 0 Å². The van der Waals surface area contributed by atoms with Gasteiger partial charge in [-0.05, 0) is 63.9 Å². The molecule has 4 aromatic rings. The highest BCUT2D eigenvalue weighted by atomic mass is 16.5. The molecule has 3 heterocycles. The molecule has 6 rings (SSSR count). The van der Waals surface area contributed by atoms with E-state index < -0.39 is 0 Å². The van der Waals surface area contributed by atoms with Gasteiger partial charge in [-0.3, -0.25) is 10.00 Å². The fourth-order valence-electron chi connectivity index (χ4n) is 5.66. The van der Waals surface area contributed by atoms with Gasteiger partial charge in [0, 0.05) is 67.2 Å². The summed E-state index contributed by atoms with van der Waals surface area (Å²) in [6, 6.07) is 13.0. The third kappa shape index (κ3) is 6.60. The molecular weight excluding hydrogens is 540 g/mol. The molecular formula is C33H42N8O2. The van der Waals surface area contributed by atoms with Crippen LogP contribution in [-0.4, -0.2) is 63.5 Å². The minimum atomic E-state index is 0.0188. The lowest BCUT2D eigenvalue weighted by molar-refractivity contribution is 0.0335. The Morgan fingerprint density at radius 1 is 1.07 bits per heavy atom. The second kappa shape index (κ2) is 12.6. The molecule has 0 amide bonds. The Kier molecular flexibility index (Phi) is 8.49. The van der Waals surface area contributed by atoms with Crippen LogP contribution in [0.15, 0.2) is 42.6 Å². The van der Waals surface area contributed by atoms with Gasteiger partial charge < -0.3 is 25.4 Å². The van der Waals surface area contributed by atoms with E-state index in [4.69, 9.17) is 19.6 Å². The number of aryl methyl sites for hydroxylation is 1. The van der Waals surface area contributed by atoms with Crippen LogP contribution in [0, 0.1) is 6.92 Å². The van der Waals surface area contributed by atoms with E-state index in [0.29, 0.717) is 18.5 Å². The van der Waals surface area contributed by atoms with E-state index in [-0.39, 0.29) is 6.10 Å². The number of benzene rings is 2. The van der Waals surface area contributed by atoms with Gasteiger partial charge in [0.05, 0.1) is 36.4 Å². The summed E-state index contributed by atoms with van der Waals surface area (Å²) < 4.78 is 11.8. The number of aromatic nitrogens is 4. The molecule has 10 heteroatoms. The Labute approximate surface area is 253 Å². The second-order valence-electron chi connectivity index (χ2n) is 11.9. The van der Waals surface area contributed by atoms with Gasteiger partial charge in [0.2, 0.25) is 5.95 Å². The molecule has 0 atom stereocenters. The largest absolute Gasteiger partial charge is 0.489 e. The number of ether oxygens (including phenoxy) is 2. The Morgan fingerprint density at radius 2 is 1.88 bits per heavy atom. The number of nitrogens with one attached hydrogen (secondary N) is 4. The van der Waals surface area contributed by atoms with Crippen LogP contribution in [-0.2, 0) is 24.2 Å². The first kappa shape index (κ1) is 28.9. The van der Waals surface area contributed by atoms with Crippen molar-refractivity contribution in [3.05, 3.63) is 70.5 Å². The van der Waals surface area contributed by atoms with E-state index in [1.54, 1.807) is 0 Å². The fourth-order valence-corrected chi connectivity index (χ4v) is 5.66. The summed E-state index contributed by atoms with van der Waals surface area (Å²) in [5, 5.41) is 18.6. The average molecular weight is 583 g/mol. The number of rotatable bonds is 11. The number of fused-ring (bicyclic) bond motifs is 3. The van der Waals surface area contributed by atoms with E-state index in [9.17, 15) is 0 Å². The number of para-hydroxylation sites is 1. The van der Waals surface area contributed by atoms with Crippen LogP contribution in [0.2, 0.25) is 0 Å². The topological polar surface area (TPSA) is 112 Å². The molecule has 10 nitrogen and oxygen atoms in total. The summed E-state index contributed by atoms with van der Waals surface area (Å²) in [5.41, 5.74) is 9.87. The van der Waals surface area contributed by atoms with Crippen molar-refractivity contribution in [1.82, 2.24) is 25.1 Å². The van der Waals surface area contributed by atoms with Crippen molar-refractivity contribution < 1.29 is 9.47 Å². The maximum Gasteiger partial charge on any atom is 0.229 e. The number of aromatic amines is 1. The number of hydrogen-bond acceptors (Lipinski definition) is 9. The highest BCUT2D eigenvalue weighted by Gasteiger charge is 2.28. The molecule has 226 valence electrons. The SMILES string of the molecule is Cc1cnc(Nc2cc3c(cc2OC(C)C)Cc2c-3n[nH]c2CN2CCOCC2)nc1NCc1ccccc1NC(C)C.